The highest BCUT2D eigenvalue weighted by Gasteiger charge is 2.48. The van der Waals surface area contributed by atoms with Crippen LogP contribution in [-0.4, -0.2) is 44.4 Å². The highest BCUT2D eigenvalue weighted by Crippen LogP contribution is 2.31. The molecule has 6 heteroatoms. The Kier molecular flexibility index (Phi) is 11.1. The number of methoxy groups -OCH3 is 1. The van der Waals surface area contributed by atoms with Crippen molar-refractivity contribution in [3.63, 3.8) is 0 Å². The van der Waals surface area contributed by atoms with Crippen LogP contribution in [0.4, 0.5) is 0 Å². The second-order valence-electron chi connectivity index (χ2n) is 10.1. The molecule has 0 bridgehead atoms. The first-order valence-corrected chi connectivity index (χ1v) is 14.1. The first-order valence-electron chi connectivity index (χ1n) is 14.1. The zero-order valence-electron chi connectivity index (χ0n) is 23.4. The van der Waals surface area contributed by atoms with Crippen LogP contribution < -0.4 is 0 Å². The predicted octanol–water partition coefficient (Wildman–Crippen LogP) is 6.33. The zero-order chi connectivity index (χ0) is 28.1. The summed E-state index contributed by atoms with van der Waals surface area (Å²) in [6.07, 6.45) is -2.59. The Morgan fingerprint density at radius 2 is 0.878 bits per heavy atom. The summed E-state index contributed by atoms with van der Waals surface area (Å²) in [4.78, 5) is 0. The van der Waals surface area contributed by atoms with Crippen molar-refractivity contribution in [3.05, 3.63) is 144 Å². The Bertz CT molecular complexity index is 1260. The van der Waals surface area contributed by atoms with Crippen LogP contribution in [-0.2, 0) is 54.8 Å². The minimum atomic E-state index is -0.665. The molecule has 0 aliphatic carbocycles. The van der Waals surface area contributed by atoms with E-state index < -0.39 is 30.7 Å². The molecule has 214 valence electrons. The van der Waals surface area contributed by atoms with Crippen molar-refractivity contribution in [2.75, 3.05) is 13.7 Å². The molecule has 0 spiro atoms. The summed E-state index contributed by atoms with van der Waals surface area (Å²) in [5.41, 5.74) is 4.27. The number of benzene rings is 4. The molecule has 5 atom stereocenters. The monoisotopic (exact) mass is 554 g/mol. The minimum Gasteiger partial charge on any atom is -0.374 e. The zero-order valence-corrected chi connectivity index (χ0v) is 23.4. The molecule has 1 saturated heterocycles. The average molecular weight is 555 g/mol. The molecule has 5 rings (SSSR count). The van der Waals surface area contributed by atoms with Crippen molar-refractivity contribution in [1.82, 2.24) is 0 Å². The van der Waals surface area contributed by atoms with Gasteiger partial charge in [-0.2, -0.15) is 0 Å². The quantitative estimate of drug-likeness (QED) is 0.182. The van der Waals surface area contributed by atoms with Gasteiger partial charge in [0.25, 0.3) is 0 Å². The smallest absolute Gasteiger partial charge is 0.186 e. The van der Waals surface area contributed by atoms with Gasteiger partial charge in [0.05, 0.1) is 33.0 Å². The lowest BCUT2D eigenvalue weighted by molar-refractivity contribution is -0.323. The average Bonchev–Trinajstić information content (AvgIpc) is 3.04. The second-order valence-corrected chi connectivity index (χ2v) is 10.1. The van der Waals surface area contributed by atoms with Gasteiger partial charge in [0.15, 0.2) is 6.29 Å². The standard InChI is InChI=1S/C35H38O6/c1-36-35-34(40-25-30-20-12-5-13-21-30)33(39-24-29-18-10-4-11-19-29)32(38-23-28-16-8-3-9-17-28)31(41-35)26-37-22-27-14-6-2-7-15-27/h2-21,31-35H,22-26H2,1H3/t31-,32-,33+,34-,35-/m0/s1. The largest absolute Gasteiger partial charge is 0.374 e. The van der Waals surface area contributed by atoms with Gasteiger partial charge in [-0.15, -0.1) is 0 Å². The third-order valence-corrected chi connectivity index (χ3v) is 7.07. The SMILES string of the molecule is CO[C@H]1O[C@@H](COCc2ccccc2)[C@H](OCc2ccccc2)[C@@H](OCc2ccccc2)[C@@H]1OCc1ccccc1. The van der Waals surface area contributed by atoms with E-state index in [1.54, 1.807) is 7.11 Å². The Hall–Kier alpha value is -3.36. The predicted molar refractivity (Wildman–Crippen MR) is 157 cm³/mol. The molecule has 1 heterocycles. The van der Waals surface area contributed by atoms with Crippen LogP contribution in [0.25, 0.3) is 0 Å². The maximum atomic E-state index is 6.63. The Morgan fingerprint density at radius 3 is 1.32 bits per heavy atom. The van der Waals surface area contributed by atoms with Gasteiger partial charge in [0, 0.05) is 7.11 Å². The van der Waals surface area contributed by atoms with Gasteiger partial charge in [0.2, 0.25) is 0 Å². The number of hydrogen-bond donors (Lipinski definition) is 0. The Balaban J connectivity index is 1.38. The van der Waals surface area contributed by atoms with Crippen molar-refractivity contribution in [3.8, 4) is 0 Å². The van der Waals surface area contributed by atoms with Gasteiger partial charge in [-0.1, -0.05) is 121 Å². The summed E-state index contributed by atoms with van der Waals surface area (Å²) < 4.78 is 38.2. The minimum absolute atomic E-state index is 0.310. The lowest BCUT2D eigenvalue weighted by atomic mass is 9.97. The van der Waals surface area contributed by atoms with Crippen LogP contribution in [0.15, 0.2) is 121 Å². The van der Waals surface area contributed by atoms with Crippen molar-refractivity contribution in [1.29, 1.82) is 0 Å². The van der Waals surface area contributed by atoms with Gasteiger partial charge in [-0.25, -0.2) is 0 Å². The third-order valence-electron chi connectivity index (χ3n) is 7.07. The van der Waals surface area contributed by atoms with Crippen molar-refractivity contribution < 1.29 is 28.4 Å². The van der Waals surface area contributed by atoms with E-state index in [1.165, 1.54) is 0 Å². The van der Waals surface area contributed by atoms with Gasteiger partial charge in [0.1, 0.15) is 24.4 Å². The molecular formula is C35H38O6. The molecule has 0 saturated carbocycles. The van der Waals surface area contributed by atoms with E-state index >= 15 is 0 Å². The molecule has 4 aromatic carbocycles. The van der Waals surface area contributed by atoms with E-state index in [0.717, 1.165) is 22.3 Å². The van der Waals surface area contributed by atoms with E-state index in [2.05, 4.69) is 0 Å². The lowest BCUT2D eigenvalue weighted by Crippen LogP contribution is -2.61. The molecule has 1 fully saturated rings. The molecule has 0 aromatic heterocycles. The van der Waals surface area contributed by atoms with Crippen LogP contribution in [0.1, 0.15) is 22.3 Å². The molecule has 41 heavy (non-hydrogen) atoms. The fourth-order valence-electron chi connectivity index (χ4n) is 4.94. The second kappa shape index (κ2) is 15.6. The Morgan fingerprint density at radius 1 is 0.488 bits per heavy atom. The van der Waals surface area contributed by atoms with Gasteiger partial charge >= 0.3 is 0 Å². The summed E-state index contributed by atoms with van der Waals surface area (Å²) in [6, 6.07) is 40.4. The molecule has 0 N–H and O–H groups in total. The van der Waals surface area contributed by atoms with E-state index in [0.29, 0.717) is 33.0 Å². The van der Waals surface area contributed by atoms with Gasteiger partial charge < -0.3 is 28.4 Å². The third kappa shape index (κ3) is 8.57. The molecule has 0 amide bonds. The van der Waals surface area contributed by atoms with Crippen LogP contribution in [0.3, 0.4) is 0 Å². The molecule has 1 aliphatic heterocycles. The van der Waals surface area contributed by atoms with Crippen LogP contribution in [0.2, 0.25) is 0 Å². The Labute approximate surface area is 242 Å². The first-order chi connectivity index (χ1) is 20.3. The maximum absolute atomic E-state index is 6.63. The topological polar surface area (TPSA) is 55.4 Å². The number of rotatable bonds is 14. The number of hydrogen-bond acceptors (Lipinski definition) is 6. The molecule has 0 radical (unpaired) electrons. The highest BCUT2D eigenvalue weighted by atomic mass is 16.7. The number of ether oxygens (including phenoxy) is 6. The summed E-state index contributed by atoms with van der Waals surface area (Å²) in [5, 5.41) is 0. The summed E-state index contributed by atoms with van der Waals surface area (Å²) in [5.74, 6) is 0. The first kappa shape index (κ1) is 29.1. The fraction of sp³-hybridized carbons (Fsp3) is 0.314. The van der Waals surface area contributed by atoms with E-state index in [-0.39, 0.29) is 0 Å². The normalized spacial score (nSPS) is 22.4. The summed E-state index contributed by atoms with van der Waals surface area (Å²) in [7, 11) is 1.63. The molecule has 4 aromatic rings. The van der Waals surface area contributed by atoms with Gasteiger partial charge in [-0.3, -0.25) is 0 Å². The van der Waals surface area contributed by atoms with Crippen molar-refractivity contribution in [2.24, 2.45) is 0 Å². The van der Waals surface area contributed by atoms with E-state index in [4.69, 9.17) is 28.4 Å². The van der Waals surface area contributed by atoms with Crippen LogP contribution in [0, 0.1) is 0 Å². The van der Waals surface area contributed by atoms with Crippen LogP contribution in [0.5, 0.6) is 0 Å². The molecule has 0 unspecified atom stereocenters. The van der Waals surface area contributed by atoms with Crippen molar-refractivity contribution >= 4 is 0 Å². The van der Waals surface area contributed by atoms with E-state index in [9.17, 15) is 0 Å². The highest BCUT2D eigenvalue weighted by molar-refractivity contribution is 5.16. The van der Waals surface area contributed by atoms with Gasteiger partial charge in [-0.05, 0) is 22.3 Å². The van der Waals surface area contributed by atoms with Crippen LogP contribution >= 0.6 is 0 Å². The summed E-state index contributed by atoms with van der Waals surface area (Å²) in [6.45, 7) is 1.97. The molecule has 1 aliphatic rings. The van der Waals surface area contributed by atoms with E-state index in [1.807, 2.05) is 121 Å². The summed E-state index contributed by atoms with van der Waals surface area (Å²) >= 11 is 0. The fourth-order valence-corrected chi connectivity index (χ4v) is 4.94. The molecule has 6 nitrogen and oxygen atoms in total. The lowest BCUT2D eigenvalue weighted by Gasteiger charge is -2.45. The molecular weight excluding hydrogens is 516 g/mol. The maximum Gasteiger partial charge on any atom is 0.186 e. The van der Waals surface area contributed by atoms with Crippen molar-refractivity contribution in [2.45, 2.75) is 57.1 Å².